The molecule has 0 fully saturated rings. The number of phosphoric ester groups is 2. The summed E-state index contributed by atoms with van der Waals surface area (Å²) in [4.78, 5) is 52.8. The van der Waals surface area contributed by atoms with Gasteiger partial charge in [-0.3, -0.25) is 23.2 Å². The van der Waals surface area contributed by atoms with Crippen LogP contribution in [0.5, 0.6) is 0 Å². The molecule has 0 amide bonds. The van der Waals surface area contributed by atoms with E-state index in [0.717, 1.165) is 57.3 Å². The van der Waals surface area contributed by atoms with Crippen LogP contribution in [0.1, 0.15) is 188 Å². The Bertz CT molecular complexity index is 1330. The molecule has 0 saturated carbocycles. The van der Waals surface area contributed by atoms with Crippen molar-refractivity contribution < 1.29 is 66.7 Å². The lowest BCUT2D eigenvalue weighted by Gasteiger charge is -2.20. The minimum atomic E-state index is -4.88. The summed E-state index contributed by atoms with van der Waals surface area (Å²) in [6.45, 7) is 3.87. The Hall–Kier alpha value is -1.96. The highest BCUT2D eigenvalue weighted by molar-refractivity contribution is 7.47. The van der Waals surface area contributed by atoms with E-state index in [1.165, 1.54) is 77.0 Å². The Labute approximate surface area is 380 Å². The van der Waals surface area contributed by atoms with Crippen LogP contribution in [0.25, 0.3) is 0 Å². The van der Waals surface area contributed by atoms with Crippen molar-refractivity contribution in [3.05, 3.63) is 48.6 Å². The van der Waals surface area contributed by atoms with E-state index >= 15 is 0 Å². The number of phosphoric acid groups is 2. The number of hydrogen-bond donors (Lipinski definition) is 5. The maximum absolute atomic E-state index is 12.7. The molecule has 0 saturated heterocycles. The molecule has 0 rings (SSSR count). The van der Waals surface area contributed by atoms with E-state index in [2.05, 4.69) is 60.2 Å². The first-order valence-electron chi connectivity index (χ1n) is 23.8. The van der Waals surface area contributed by atoms with Gasteiger partial charge in [0, 0.05) is 12.8 Å². The smallest absolute Gasteiger partial charge is 0.462 e. The molecule has 16 heteroatoms. The molecule has 0 radical (unpaired) electrons. The van der Waals surface area contributed by atoms with Gasteiger partial charge in [0.05, 0.1) is 25.9 Å². The first-order chi connectivity index (χ1) is 30.2. The molecular weight excluding hydrogens is 850 g/mol. The van der Waals surface area contributed by atoms with E-state index in [9.17, 15) is 33.8 Å². The molecule has 3 unspecified atom stereocenters. The van der Waals surface area contributed by atoms with Gasteiger partial charge in [0.2, 0.25) is 0 Å². The van der Waals surface area contributed by atoms with Crippen LogP contribution >= 0.6 is 15.6 Å². The van der Waals surface area contributed by atoms with Crippen LogP contribution in [0, 0.1) is 5.92 Å². The molecular formula is C47H86O14P2. The zero-order chi connectivity index (χ0) is 46.9. The van der Waals surface area contributed by atoms with Gasteiger partial charge in [-0.1, -0.05) is 172 Å². The molecule has 0 aromatic carbocycles. The van der Waals surface area contributed by atoms with Gasteiger partial charge in [-0.2, -0.15) is 0 Å². The molecule has 0 spiro atoms. The van der Waals surface area contributed by atoms with E-state index in [1.807, 2.05) is 18.2 Å². The Morgan fingerprint density at radius 2 is 1.02 bits per heavy atom. The van der Waals surface area contributed by atoms with E-state index in [0.29, 0.717) is 25.7 Å². The summed E-state index contributed by atoms with van der Waals surface area (Å²) in [6, 6.07) is 0. The summed E-state index contributed by atoms with van der Waals surface area (Å²) < 4.78 is 47.8. The summed E-state index contributed by atoms with van der Waals surface area (Å²) in [5.74, 6) is -0.255. The number of unbranched alkanes of at least 4 members (excludes halogenated alkanes) is 14. The van der Waals surface area contributed by atoms with Crippen LogP contribution in [-0.2, 0) is 41.8 Å². The van der Waals surface area contributed by atoms with E-state index in [1.54, 1.807) is 0 Å². The zero-order valence-corrected chi connectivity index (χ0v) is 40.7. The molecule has 14 nitrogen and oxygen atoms in total. The Kier molecular flexibility index (Phi) is 40.2. The number of carbonyl (C=O) groups excluding carboxylic acids is 2. The van der Waals surface area contributed by atoms with Crippen LogP contribution in [0.2, 0.25) is 0 Å². The predicted octanol–water partition coefficient (Wildman–Crippen LogP) is 11.4. The molecule has 63 heavy (non-hydrogen) atoms. The van der Waals surface area contributed by atoms with Gasteiger partial charge < -0.3 is 34.4 Å². The number of rotatable bonds is 44. The monoisotopic (exact) mass is 937 g/mol. The van der Waals surface area contributed by atoms with Gasteiger partial charge >= 0.3 is 27.6 Å². The van der Waals surface area contributed by atoms with Crippen LogP contribution in [-0.4, -0.2) is 81.6 Å². The van der Waals surface area contributed by atoms with Crippen molar-refractivity contribution in [2.24, 2.45) is 5.92 Å². The summed E-state index contributed by atoms with van der Waals surface area (Å²) >= 11 is 0. The molecule has 0 aromatic rings. The second-order valence-corrected chi connectivity index (χ2v) is 19.2. The molecule has 0 aromatic heterocycles. The van der Waals surface area contributed by atoms with Crippen LogP contribution in [0.3, 0.4) is 0 Å². The number of allylic oxidation sites excluding steroid dienone is 7. The molecule has 0 bridgehead atoms. The fourth-order valence-corrected chi connectivity index (χ4v) is 7.49. The summed E-state index contributed by atoms with van der Waals surface area (Å²) in [5.41, 5.74) is 0. The molecule has 0 aliphatic rings. The molecule has 5 atom stereocenters. The quantitative estimate of drug-likeness (QED) is 0.0166. The van der Waals surface area contributed by atoms with Gasteiger partial charge in [-0.25, -0.2) is 9.13 Å². The number of hydrogen-bond acceptors (Lipinski definition) is 11. The largest absolute Gasteiger partial charge is 0.472 e. The third-order valence-electron chi connectivity index (χ3n) is 10.3. The van der Waals surface area contributed by atoms with Crippen molar-refractivity contribution in [2.75, 3.05) is 26.4 Å². The molecule has 0 aliphatic heterocycles. The number of esters is 2. The third kappa shape index (κ3) is 45.0. The van der Waals surface area contributed by atoms with Gasteiger partial charge in [-0.05, 0) is 57.3 Å². The fourth-order valence-electron chi connectivity index (χ4n) is 6.33. The Balaban J connectivity index is 4.56. The minimum Gasteiger partial charge on any atom is -0.462 e. The van der Waals surface area contributed by atoms with E-state index in [4.69, 9.17) is 23.8 Å². The number of carbonyl (C=O) groups is 2. The first kappa shape index (κ1) is 61.0. The number of aliphatic hydroxyl groups excluding tert-OH is 2. The lowest BCUT2D eigenvalue weighted by Crippen LogP contribution is -2.29. The van der Waals surface area contributed by atoms with Crippen molar-refractivity contribution in [3.8, 4) is 0 Å². The van der Waals surface area contributed by atoms with Crippen LogP contribution < -0.4 is 0 Å². The molecule has 0 aliphatic carbocycles. The molecule has 0 heterocycles. The van der Waals surface area contributed by atoms with Crippen LogP contribution in [0.4, 0.5) is 0 Å². The standard InChI is InChI=1S/C47H86O14P2/c1-4-33-43(48)35-30-26-22-18-14-10-8-12-16-20-24-28-32-37-47(51)61-45(41-60-63(55,56)59-39-44(49)38-58-62(52,53)54)40-57-46(50)36-31-27-23-19-15-11-7-6-9-13-17-21-25-29-34-42(3)5-2/h8,12,14,18,20,24,26,30,42-45,48-49H,4-7,9-11,13,15-17,19,21-23,25,27-29,31-41H2,1-3H3,(H,55,56)(H2,52,53,54)/b12-8-,18-14-,24-20-,30-26-/t42?,43?,44-,45+/m0/s1. The molecule has 5 N–H and O–H groups in total. The van der Waals surface area contributed by atoms with Crippen molar-refractivity contribution in [3.63, 3.8) is 0 Å². The average molecular weight is 937 g/mol. The highest BCUT2D eigenvalue weighted by Crippen LogP contribution is 2.43. The third-order valence-corrected chi connectivity index (χ3v) is 11.7. The predicted molar refractivity (Wildman–Crippen MR) is 250 cm³/mol. The first-order valence-corrected chi connectivity index (χ1v) is 26.8. The van der Waals surface area contributed by atoms with Gasteiger partial charge in [0.25, 0.3) is 0 Å². The van der Waals surface area contributed by atoms with Crippen molar-refractivity contribution >= 4 is 27.6 Å². The zero-order valence-electron chi connectivity index (χ0n) is 38.9. The SMILES string of the molecule is CCCC(O)C/C=C\C/C=C\C/C=C\C/C=C\CCCC(=O)O[C@H](COC(=O)CCCCCCCCCCCCCCCCC(C)CC)COP(=O)(O)OC[C@@H](O)COP(=O)(O)O. The van der Waals surface area contributed by atoms with E-state index < -0.39 is 66.2 Å². The Morgan fingerprint density at radius 1 is 0.540 bits per heavy atom. The van der Waals surface area contributed by atoms with Crippen molar-refractivity contribution in [1.82, 2.24) is 0 Å². The second kappa shape index (κ2) is 41.5. The van der Waals surface area contributed by atoms with Crippen LogP contribution in [0.15, 0.2) is 48.6 Å². The van der Waals surface area contributed by atoms with E-state index in [-0.39, 0.29) is 18.9 Å². The lowest BCUT2D eigenvalue weighted by atomic mass is 9.99. The van der Waals surface area contributed by atoms with Crippen molar-refractivity contribution in [2.45, 2.75) is 206 Å². The minimum absolute atomic E-state index is 0.0409. The average Bonchev–Trinajstić information content (AvgIpc) is 3.24. The summed E-state index contributed by atoms with van der Waals surface area (Å²) in [7, 11) is -9.71. The maximum Gasteiger partial charge on any atom is 0.472 e. The van der Waals surface area contributed by atoms with Gasteiger partial charge in [0.1, 0.15) is 12.7 Å². The second-order valence-electron chi connectivity index (χ2n) is 16.5. The highest BCUT2D eigenvalue weighted by Gasteiger charge is 2.28. The fraction of sp³-hybridized carbons (Fsp3) is 0.787. The summed E-state index contributed by atoms with van der Waals surface area (Å²) in [5, 5.41) is 19.5. The highest BCUT2D eigenvalue weighted by atomic mass is 31.2. The molecule has 368 valence electrons. The number of ether oxygens (including phenoxy) is 2. The lowest BCUT2D eigenvalue weighted by molar-refractivity contribution is -0.161. The maximum atomic E-state index is 12.7. The topological polar surface area (TPSA) is 216 Å². The van der Waals surface area contributed by atoms with Gasteiger partial charge in [-0.15, -0.1) is 0 Å². The Morgan fingerprint density at radius 3 is 1.56 bits per heavy atom. The van der Waals surface area contributed by atoms with Gasteiger partial charge in [0.15, 0.2) is 6.10 Å². The summed E-state index contributed by atoms with van der Waals surface area (Å²) in [6.07, 6.45) is 38.8. The number of aliphatic hydroxyl groups is 2. The normalized spacial score (nSPS) is 15.4. The van der Waals surface area contributed by atoms with Crippen molar-refractivity contribution in [1.29, 1.82) is 0 Å².